The van der Waals surface area contributed by atoms with Crippen LogP contribution < -0.4 is 5.32 Å². The van der Waals surface area contributed by atoms with Crippen LogP contribution in [0.1, 0.15) is 12.6 Å². The van der Waals surface area contributed by atoms with Gasteiger partial charge in [-0.2, -0.15) is 15.1 Å². The van der Waals surface area contributed by atoms with Crippen LogP contribution in [0.15, 0.2) is 6.20 Å². The van der Waals surface area contributed by atoms with E-state index in [1.165, 1.54) is 10.9 Å². The molecule has 17 nitrogen and oxygen atoms in total. The number of hydrogen-bond donors (Lipinski definition) is 5. The van der Waals surface area contributed by atoms with Crippen molar-refractivity contribution in [2.75, 3.05) is 77.2 Å². The molecule has 0 saturated carbocycles. The molecule has 2 aromatic rings. The molecule has 0 amide bonds. The van der Waals surface area contributed by atoms with E-state index in [0.29, 0.717) is 64.0 Å². The predicted molar refractivity (Wildman–Crippen MR) is 148 cm³/mol. The van der Waals surface area contributed by atoms with Crippen molar-refractivity contribution in [2.45, 2.75) is 24.9 Å². The first-order chi connectivity index (χ1) is 20.0. The van der Waals surface area contributed by atoms with Gasteiger partial charge in [-0.05, 0) is 11.6 Å². The van der Waals surface area contributed by atoms with Crippen molar-refractivity contribution < 1.29 is 57.1 Å². The maximum Gasteiger partial charge on any atom is 0.340 e. The van der Waals surface area contributed by atoms with E-state index in [1.54, 1.807) is 0 Å². The van der Waals surface area contributed by atoms with Crippen LogP contribution in [0, 0.1) is 12.3 Å². The highest BCUT2D eigenvalue weighted by Crippen LogP contribution is 2.55. The Kier molecular flexibility index (Phi) is 14.0. The fourth-order valence-corrected chi connectivity index (χ4v) is 6.54. The SMILES string of the molecule is C#CCOCCOCCOCCOCCNc1nc(Cl)nc2c1cnn2[C@@H]1O[C@H](COP(=O)(O)CP(=O)(O)O)C[C@H]1O. The van der Waals surface area contributed by atoms with Gasteiger partial charge in [-0.1, -0.05) is 5.92 Å². The van der Waals surface area contributed by atoms with Crippen molar-refractivity contribution in [1.29, 1.82) is 0 Å². The summed E-state index contributed by atoms with van der Waals surface area (Å²) in [6.45, 7) is 2.98. The van der Waals surface area contributed by atoms with Crippen molar-refractivity contribution in [3.8, 4) is 12.3 Å². The lowest BCUT2D eigenvalue weighted by molar-refractivity contribution is -0.0528. The third kappa shape index (κ3) is 11.7. The summed E-state index contributed by atoms with van der Waals surface area (Å²) >= 11 is 6.12. The van der Waals surface area contributed by atoms with E-state index in [2.05, 4.69) is 26.3 Å². The number of nitrogens with zero attached hydrogens (tertiary/aromatic N) is 4. The van der Waals surface area contributed by atoms with Gasteiger partial charge in [-0.25, -0.2) is 4.68 Å². The molecule has 0 radical (unpaired) electrons. The Labute approximate surface area is 246 Å². The first-order valence-electron chi connectivity index (χ1n) is 12.7. The Balaban J connectivity index is 1.42. The number of aliphatic hydroxyl groups is 1. The minimum atomic E-state index is -4.77. The number of anilines is 1. The summed E-state index contributed by atoms with van der Waals surface area (Å²) in [5, 5.41) is 18.3. The first kappa shape index (κ1) is 34.7. The summed E-state index contributed by atoms with van der Waals surface area (Å²) in [7, 11) is -9.35. The molecule has 3 rings (SSSR count). The summed E-state index contributed by atoms with van der Waals surface area (Å²) in [5.41, 5.74) is 0.261. The molecule has 1 fully saturated rings. The van der Waals surface area contributed by atoms with Crippen molar-refractivity contribution >= 4 is 43.6 Å². The number of hydrogen-bond acceptors (Lipinski definition) is 13. The lowest BCUT2D eigenvalue weighted by Gasteiger charge is -2.18. The van der Waals surface area contributed by atoms with E-state index in [9.17, 15) is 19.1 Å². The van der Waals surface area contributed by atoms with Crippen LogP contribution in [0.4, 0.5) is 5.82 Å². The van der Waals surface area contributed by atoms with Gasteiger partial charge in [-0.15, -0.1) is 6.42 Å². The molecule has 42 heavy (non-hydrogen) atoms. The van der Waals surface area contributed by atoms with Gasteiger partial charge < -0.3 is 53.3 Å². The highest BCUT2D eigenvalue weighted by atomic mass is 35.5. The highest BCUT2D eigenvalue weighted by Gasteiger charge is 2.39. The molecular weight excluding hydrogens is 624 g/mol. The number of aromatic nitrogens is 4. The third-order valence-electron chi connectivity index (χ3n) is 5.50. The maximum absolute atomic E-state index is 11.9. The second-order valence-electron chi connectivity index (χ2n) is 8.88. The zero-order chi connectivity index (χ0) is 30.6. The molecule has 0 aliphatic carbocycles. The highest BCUT2D eigenvalue weighted by molar-refractivity contribution is 7.70. The number of terminal acetylenes is 1. The zero-order valence-corrected chi connectivity index (χ0v) is 25.0. The van der Waals surface area contributed by atoms with Gasteiger partial charge in [0.2, 0.25) is 5.28 Å². The summed E-state index contributed by atoms with van der Waals surface area (Å²) in [6, 6.07) is 0. The molecule has 0 spiro atoms. The average Bonchev–Trinajstić information content (AvgIpc) is 3.49. The molecule has 1 unspecified atom stereocenters. The second kappa shape index (κ2) is 16.9. The number of halogens is 1. The Morgan fingerprint density at radius 2 is 1.71 bits per heavy atom. The predicted octanol–water partition coefficient (Wildman–Crippen LogP) is 0.577. The van der Waals surface area contributed by atoms with Gasteiger partial charge in [0.05, 0.1) is 70.5 Å². The lowest BCUT2D eigenvalue weighted by Crippen LogP contribution is -2.21. The zero-order valence-electron chi connectivity index (χ0n) is 22.5. The van der Waals surface area contributed by atoms with Crippen molar-refractivity contribution in [1.82, 2.24) is 19.7 Å². The van der Waals surface area contributed by atoms with E-state index in [-0.39, 0.29) is 24.0 Å². The van der Waals surface area contributed by atoms with E-state index >= 15 is 0 Å². The van der Waals surface area contributed by atoms with Crippen LogP contribution in [-0.4, -0.2) is 124 Å². The number of aliphatic hydroxyl groups excluding tert-OH is 1. The number of nitrogens with one attached hydrogen (secondary N) is 1. The fraction of sp³-hybridized carbons (Fsp3) is 0.682. The molecule has 5 N–H and O–H groups in total. The lowest BCUT2D eigenvalue weighted by atomic mass is 10.2. The molecule has 1 aliphatic heterocycles. The molecule has 0 aromatic carbocycles. The van der Waals surface area contributed by atoms with E-state index < -0.39 is 46.1 Å². The Morgan fingerprint density at radius 3 is 2.36 bits per heavy atom. The quantitative estimate of drug-likeness (QED) is 0.0568. The molecule has 3 heterocycles. The van der Waals surface area contributed by atoms with Crippen molar-refractivity contribution in [3.63, 3.8) is 0 Å². The minimum Gasteiger partial charge on any atom is -0.388 e. The van der Waals surface area contributed by atoms with Gasteiger partial charge >= 0.3 is 15.2 Å². The van der Waals surface area contributed by atoms with E-state index in [1.807, 2.05) is 0 Å². The van der Waals surface area contributed by atoms with Crippen LogP contribution in [0.25, 0.3) is 11.0 Å². The Hall–Kier alpha value is -1.74. The van der Waals surface area contributed by atoms with E-state index in [0.717, 1.165) is 0 Å². The second-order valence-corrected chi connectivity index (χ2v) is 13.2. The number of rotatable bonds is 20. The summed E-state index contributed by atoms with van der Waals surface area (Å²) in [4.78, 5) is 35.9. The molecule has 20 heteroatoms. The fourth-order valence-electron chi connectivity index (χ4n) is 3.78. The molecule has 1 saturated heterocycles. The van der Waals surface area contributed by atoms with Crippen molar-refractivity contribution in [2.24, 2.45) is 0 Å². The minimum absolute atomic E-state index is 0.00203. The first-order valence-corrected chi connectivity index (χ1v) is 16.7. The van der Waals surface area contributed by atoms with Crippen LogP contribution in [0.3, 0.4) is 0 Å². The summed E-state index contributed by atoms with van der Waals surface area (Å²) < 4.78 is 56.2. The Morgan fingerprint density at radius 1 is 1.07 bits per heavy atom. The normalized spacial score (nSPS) is 20.5. The molecule has 2 aromatic heterocycles. The van der Waals surface area contributed by atoms with E-state index in [4.69, 9.17) is 56.0 Å². The molecule has 4 atom stereocenters. The largest absolute Gasteiger partial charge is 0.388 e. The topological polar surface area (TPSA) is 226 Å². The molecule has 1 aliphatic rings. The smallest absolute Gasteiger partial charge is 0.340 e. The number of ether oxygens (including phenoxy) is 5. The van der Waals surface area contributed by atoms with Crippen molar-refractivity contribution in [3.05, 3.63) is 11.5 Å². The van der Waals surface area contributed by atoms with Crippen LogP contribution in [0.2, 0.25) is 5.28 Å². The Bertz CT molecular complexity index is 1270. The monoisotopic (exact) mass is 657 g/mol. The number of fused-ring (bicyclic) bond motifs is 1. The molecule has 0 bridgehead atoms. The van der Waals surface area contributed by atoms with Crippen LogP contribution in [0.5, 0.6) is 0 Å². The average molecular weight is 658 g/mol. The summed E-state index contributed by atoms with van der Waals surface area (Å²) in [6.07, 6.45) is 3.55. The molecular formula is C22H34ClN5O12P2. The van der Waals surface area contributed by atoms with Gasteiger partial charge in [-0.3, -0.25) is 9.13 Å². The molecule has 236 valence electrons. The van der Waals surface area contributed by atoms with Crippen LogP contribution in [-0.2, 0) is 37.3 Å². The summed E-state index contributed by atoms with van der Waals surface area (Å²) in [5.74, 6) is 1.42. The van der Waals surface area contributed by atoms with Gasteiger partial charge in [0, 0.05) is 13.0 Å². The van der Waals surface area contributed by atoms with Gasteiger partial charge in [0.1, 0.15) is 18.5 Å². The van der Waals surface area contributed by atoms with Gasteiger partial charge in [0.25, 0.3) is 0 Å². The standard InChI is InChI=1S/C22H34ClN5O12P2/c1-2-4-35-6-8-37-10-11-38-9-7-36-5-3-24-19-17-13-25-28(20(17)27-22(23)26-19)21-18(29)12-16(40-21)14-39-42(33,34)15-41(30,31)32/h1,13,16,18,21,29H,3-12,14-15H2,(H,33,34)(H,24,26,27)(H2,30,31,32)/t16-,18+,21+/m0/s1. The van der Waals surface area contributed by atoms with Gasteiger partial charge in [0.15, 0.2) is 17.8 Å². The van der Waals surface area contributed by atoms with Crippen LogP contribution >= 0.6 is 26.8 Å². The third-order valence-corrected chi connectivity index (χ3v) is 9.12. The maximum atomic E-state index is 11.9.